The van der Waals surface area contributed by atoms with Crippen LogP contribution in [0.3, 0.4) is 0 Å². The second kappa shape index (κ2) is 11.9. The first-order valence-corrected chi connectivity index (χ1v) is 12.7. The first-order valence-electron chi connectivity index (χ1n) is 12.7. The summed E-state index contributed by atoms with van der Waals surface area (Å²) in [5, 5.41) is 5.48. The van der Waals surface area contributed by atoms with Crippen LogP contribution in [0.15, 0.2) is 18.2 Å². The molecule has 0 radical (unpaired) electrons. The number of rotatable bonds is 11. The predicted octanol–water partition coefficient (Wildman–Crippen LogP) is -0.129. The van der Waals surface area contributed by atoms with Gasteiger partial charge in [-0.2, -0.15) is 0 Å². The maximum atomic E-state index is 13.1. The van der Waals surface area contributed by atoms with E-state index in [9.17, 15) is 19.2 Å². The van der Waals surface area contributed by atoms with Gasteiger partial charge in [0.2, 0.25) is 11.8 Å². The summed E-state index contributed by atoms with van der Waals surface area (Å²) in [7, 11) is 2.01. The van der Waals surface area contributed by atoms with E-state index in [1.807, 2.05) is 7.05 Å². The number of nitrogens with one attached hydrogen (secondary N) is 2. The van der Waals surface area contributed by atoms with Crippen molar-refractivity contribution in [1.82, 2.24) is 20.0 Å². The number of fused-ring (bicyclic) bond motifs is 1. The molecule has 1 unspecified atom stereocenters. The fourth-order valence-electron chi connectivity index (χ4n) is 4.85. The maximum absolute atomic E-state index is 13.1. The fourth-order valence-corrected chi connectivity index (χ4v) is 4.85. The Labute approximate surface area is 211 Å². The average molecular weight is 501 g/mol. The summed E-state index contributed by atoms with van der Waals surface area (Å²) in [6.07, 6.45) is 2.33. The standard InChI is InChI=1S/C25H36N6O5/c1-29(13-15-36-16-14-30-10-7-17(26)8-11-30)12-9-27-19-4-2-3-18-22(19)25(35)31(24(18)34)20-5-6-21(32)28-23(20)33/h2-4,17,20,27H,5-16,26H2,1H3,(H,28,32,33). The third-order valence-corrected chi connectivity index (χ3v) is 7.08. The second-order valence-corrected chi connectivity index (χ2v) is 9.70. The summed E-state index contributed by atoms with van der Waals surface area (Å²) in [6.45, 7) is 6.42. The molecule has 3 aliphatic rings. The lowest BCUT2D eigenvalue weighted by molar-refractivity contribution is -0.136. The van der Waals surface area contributed by atoms with E-state index < -0.39 is 29.7 Å². The highest BCUT2D eigenvalue weighted by molar-refractivity contribution is 6.25. The lowest BCUT2D eigenvalue weighted by Gasteiger charge is -2.29. The molecule has 0 aromatic heterocycles. The highest BCUT2D eigenvalue weighted by Crippen LogP contribution is 2.32. The van der Waals surface area contributed by atoms with E-state index in [1.54, 1.807) is 18.2 Å². The van der Waals surface area contributed by atoms with Crippen LogP contribution in [0.5, 0.6) is 0 Å². The smallest absolute Gasteiger partial charge is 0.264 e. The molecule has 4 amide bonds. The number of anilines is 1. The van der Waals surface area contributed by atoms with Crippen LogP contribution in [0.4, 0.5) is 5.69 Å². The number of nitrogens with zero attached hydrogens (tertiary/aromatic N) is 3. The van der Waals surface area contributed by atoms with Crippen molar-refractivity contribution in [3.8, 4) is 0 Å². The summed E-state index contributed by atoms with van der Waals surface area (Å²) >= 11 is 0. The van der Waals surface area contributed by atoms with Crippen LogP contribution in [0, 0.1) is 0 Å². The summed E-state index contributed by atoms with van der Waals surface area (Å²) in [4.78, 5) is 55.3. The molecule has 1 aromatic rings. The van der Waals surface area contributed by atoms with E-state index >= 15 is 0 Å². The topological polar surface area (TPSA) is 137 Å². The van der Waals surface area contributed by atoms with Gasteiger partial charge in [0.15, 0.2) is 0 Å². The van der Waals surface area contributed by atoms with Gasteiger partial charge in [0.05, 0.1) is 24.3 Å². The van der Waals surface area contributed by atoms with Crippen molar-refractivity contribution >= 4 is 29.3 Å². The van der Waals surface area contributed by atoms with E-state index in [0.717, 1.165) is 50.5 Å². The number of likely N-dealkylation sites (tertiary alicyclic amines) is 1. The number of carbonyl (C=O) groups excluding carboxylic acids is 4. The molecule has 196 valence electrons. The van der Waals surface area contributed by atoms with Gasteiger partial charge in [-0.15, -0.1) is 0 Å². The Morgan fingerprint density at radius 2 is 1.86 bits per heavy atom. The van der Waals surface area contributed by atoms with Crippen molar-refractivity contribution in [3.63, 3.8) is 0 Å². The lowest BCUT2D eigenvalue weighted by atomic mass is 10.0. The molecule has 4 N–H and O–H groups in total. The molecule has 0 saturated carbocycles. The van der Waals surface area contributed by atoms with Crippen LogP contribution >= 0.6 is 0 Å². The normalized spacial score (nSPS) is 21.3. The van der Waals surface area contributed by atoms with Gasteiger partial charge in [-0.3, -0.25) is 29.4 Å². The second-order valence-electron chi connectivity index (χ2n) is 9.70. The number of likely N-dealkylation sites (N-methyl/N-ethyl adjacent to an activating group) is 1. The third-order valence-electron chi connectivity index (χ3n) is 7.08. The molecule has 4 rings (SSSR count). The molecule has 3 aliphatic heterocycles. The number of hydrogen-bond acceptors (Lipinski definition) is 9. The van der Waals surface area contributed by atoms with Crippen LogP contribution in [0.25, 0.3) is 0 Å². The minimum Gasteiger partial charge on any atom is -0.383 e. The van der Waals surface area contributed by atoms with Gasteiger partial charge < -0.3 is 25.6 Å². The van der Waals surface area contributed by atoms with E-state index in [1.165, 1.54) is 0 Å². The van der Waals surface area contributed by atoms with E-state index in [0.29, 0.717) is 31.5 Å². The van der Waals surface area contributed by atoms with Gasteiger partial charge in [-0.05, 0) is 51.5 Å². The zero-order chi connectivity index (χ0) is 25.7. The van der Waals surface area contributed by atoms with Crippen molar-refractivity contribution in [2.75, 3.05) is 64.8 Å². The summed E-state index contributed by atoms with van der Waals surface area (Å²) in [5.41, 5.74) is 7.05. The highest BCUT2D eigenvalue weighted by Gasteiger charge is 2.45. The van der Waals surface area contributed by atoms with E-state index in [2.05, 4.69) is 20.4 Å². The van der Waals surface area contributed by atoms with Crippen molar-refractivity contribution in [1.29, 1.82) is 0 Å². The molecule has 3 heterocycles. The first-order chi connectivity index (χ1) is 17.3. The minimum atomic E-state index is -0.971. The number of benzene rings is 1. The van der Waals surface area contributed by atoms with Gasteiger partial charge >= 0.3 is 0 Å². The van der Waals surface area contributed by atoms with Gasteiger partial charge in [-0.25, -0.2) is 0 Å². The molecule has 0 aliphatic carbocycles. The van der Waals surface area contributed by atoms with Crippen LogP contribution < -0.4 is 16.4 Å². The Morgan fingerprint density at radius 1 is 1.08 bits per heavy atom. The zero-order valence-corrected chi connectivity index (χ0v) is 20.8. The lowest BCUT2D eigenvalue weighted by Crippen LogP contribution is -2.54. The molecule has 36 heavy (non-hydrogen) atoms. The molecule has 11 heteroatoms. The molecular weight excluding hydrogens is 464 g/mol. The number of piperidine rings is 2. The molecule has 0 bridgehead atoms. The molecule has 2 saturated heterocycles. The maximum Gasteiger partial charge on any atom is 0.264 e. The summed E-state index contributed by atoms with van der Waals surface area (Å²) in [5.74, 6) is -2.02. The Bertz CT molecular complexity index is 993. The van der Waals surface area contributed by atoms with E-state index in [-0.39, 0.29) is 24.0 Å². The predicted molar refractivity (Wildman–Crippen MR) is 134 cm³/mol. The van der Waals surface area contributed by atoms with E-state index in [4.69, 9.17) is 10.5 Å². The van der Waals surface area contributed by atoms with Crippen LogP contribution in [0.1, 0.15) is 46.4 Å². The minimum absolute atomic E-state index is 0.0952. The van der Waals surface area contributed by atoms with Crippen molar-refractivity contribution in [2.45, 2.75) is 37.8 Å². The monoisotopic (exact) mass is 500 g/mol. The number of hydrogen-bond donors (Lipinski definition) is 3. The van der Waals surface area contributed by atoms with Gasteiger partial charge in [0.1, 0.15) is 6.04 Å². The zero-order valence-electron chi connectivity index (χ0n) is 20.8. The SMILES string of the molecule is CN(CCNc1cccc2c1C(=O)N(C1CCC(=O)NC1=O)C2=O)CCOCCN1CCC(N)CC1. The van der Waals surface area contributed by atoms with Crippen LogP contribution in [0.2, 0.25) is 0 Å². The fraction of sp³-hybridized carbons (Fsp3) is 0.600. The Morgan fingerprint density at radius 3 is 2.61 bits per heavy atom. The van der Waals surface area contributed by atoms with Crippen molar-refractivity contribution in [2.24, 2.45) is 5.73 Å². The number of imide groups is 2. The Hall–Kier alpha value is -2.86. The third kappa shape index (κ3) is 6.09. The molecule has 0 spiro atoms. The molecule has 1 aromatic carbocycles. The Balaban J connectivity index is 1.21. The number of amides is 4. The van der Waals surface area contributed by atoms with Crippen LogP contribution in [-0.4, -0.2) is 110 Å². The largest absolute Gasteiger partial charge is 0.383 e. The first kappa shape index (κ1) is 26.2. The van der Waals surface area contributed by atoms with Crippen LogP contribution in [-0.2, 0) is 14.3 Å². The summed E-state index contributed by atoms with van der Waals surface area (Å²) in [6, 6.07) is 4.43. The molecule has 1 atom stereocenters. The van der Waals surface area contributed by atoms with Gasteiger partial charge in [0, 0.05) is 44.3 Å². The average Bonchev–Trinajstić information content (AvgIpc) is 3.11. The highest BCUT2D eigenvalue weighted by atomic mass is 16.5. The number of carbonyl (C=O) groups is 4. The molecular formula is C25H36N6O5. The number of nitrogens with two attached hydrogens (primary N) is 1. The van der Waals surface area contributed by atoms with Crippen molar-refractivity contribution in [3.05, 3.63) is 29.3 Å². The van der Waals surface area contributed by atoms with Gasteiger partial charge in [0.25, 0.3) is 11.8 Å². The molecule has 11 nitrogen and oxygen atoms in total. The summed E-state index contributed by atoms with van der Waals surface area (Å²) < 4.78 is 5.79. The Kier molecular flexibility index (Phi) is 8.68. The van der Waals surface area contributed by atoms with Crippen molar-refractivity contribution < 1.29 is 23.9 Å². The number of ether oxygens (including phenoxy) is 1. The van der Waals surface area contributed by atoms with Gasteiger partial charge in [-0.1, -0.05) is 6.07 Å². The molecule has 2 fully saturated rings. The quantitative estimate of drug-likeness (QED) is 0.280.